The largest absolute Gasteiger partial charge is 0.489 e. The number of ether oxygens (including phenoxy) is 3. The summed E-state index contributed by atoms with van der Waals surface area (Å²) >= 11 is 6.27. The van der Waals surface area contributed by atoms with Crippen LogP contribution in [0.2, 0.25) is 5.02 Å². The molecule has 140 valence electrons. The summed E-state index contributed by atoms with van der Waals surface area (Å²) in [6.45, 7) is 1.36. The second-order valence-corrected chi connectivity index (χ2v) is 6.59. The fraction of sp³-hybridized carbons (Fsp3) is 0.263. The number of fused-ring (bicyclic) bond motifs is 2. The molecule has 2 heterocycles. The standard InChI is InChI=1S/C19H17ClN2O5/c20-13-6-11(7-16-18(13)26-5-1-4-25-16)9-21-19(24)12-2-3-15-14(8-12)22-17(23)10-27-15/h2-3,6-8H,1,4-5,9-10H2,(H,21,24)(H,22,23). The highest BCUT2D eigenvalue weighted by molar-refractivity contribution is 6.32. The molecule has 4 rings (SSSR count). The molecule has 0 spiro atoms. The summed E-state index contributed by atoms with van der Waals surface area (Å²) in [7, 11) is 0. The summed E-state index contributed by atoms with van der Waals surface area (Å²) in [6.07, 6.45) is 0.787. The molecule has 2 aromatic carbocycles. The average Bonchev–Trinajstić information content (AvgIpc) is 2.91. The zero-order valence-corrected chi connectivity index (χ0v) is 15.1. The zero-order chi connectivity index (χ0) is 18.8. The highest BCUT2D eigenvalue weighted by Gasteiger charge is 2.19. The first-order valence-corrected chi connectivity index (χ1v) is 8.91. The van der Waals surface area contributed by atoms with Crippen molar-refractivity contribution in [2.45, 2.75) is 13.0 Å². The molecule has 7 nitrogen and oxygen atoms in total. The van der Waals surface area contributed by atoms with Gasteiger partial charge in [-0.05, 0) is 35.9 Å². The second-order valence-electron chi connectivity index (χ2n) is 6.19. The molecule has 0 saturated carbocycles. The molecule has 2 amide bonds. The Bertz CT molecular complexity index is 915. The lowest BCUT2D eigenvalue weighted by molar-refractivity contribution is -0.118. The van der Waals surface area contributed by atoms with Crippen molar-refractivity contribution < 1.29 is 23.8 Å². The van der Waals surface area contributed by atoms with E-state index >= 15 is 0 Å². The summed E-state index contributed by atoms with van der Waals surface area (Å²) in [6, 6.07) is 8.45. The van der Waals surface area contributed by atoms with Gasteiger partial charge < -0.3 is 24.8 Å². The fourth-order valence-electron chi connectivity index (χ4n) is 2.90. The van der Waals surface area contributed by atoms with Crippen molar-refractivity contribution in [1.82, 2.24) is 5.32 Å². The van der Waals surface area contributed by atoms with Crippen molar-refractivity contribution in [3.05, 3.63) is 46.5 Å². The normalized spacial score (nSPS) is 15.1. The van der Waals surface area contributed by atoms with Gasteiger partial charge in [0.1, 0.15) is 5.75 Å². The maximum Gasteiger partial charge on any atom is 0.262 e. The van der Waals surface area contributed by atoms with E-state index < -0.39 is 0 Å². The van der Waals surface area contributed by atoms with Crippen molar-refractivity contribution in [1.29, 1.82) is 0 Å². The van der Waals surface area contributed by atoms with Crippen LogP contribution >= 0.6 is 11.6 Å². The molecule has 27 heavy (non-hydrogen) atoms. The lowest BCUT2D eigenvalue weighted by Crippen LogP contribution is -2.27. The SMILES string of the molecule is O=C1COc2ccc(C(=O)NCc3cc(Cl)c4c(c3)OCCCO4)cc2N1. The summed E-state index contributed by atoms with van der Waals surface area (Å²) in [5, 5.41) is 5.97. The first kappa shape index (κ1) is 17.5. The molecule has 0 atom stereocenters. The van der Waals surface area contributed by atoms with Gasteiger partial charge in [0.05, 0.1) is 23.9 Å². The van der Waals surface area contributed by atoms with E-state index in [0.717, 1.165) is 12.0 Å². The summed E-state index contributed by atoms with van der Waals surface area (Å²) in [4.78, 5) is 23.9. The average molecular weight is 389 g/mol. The molecule has 2 aliphatic heterocycles. The quantitative estimate of drug-likeness (QED) is 0.844. The minimum atomic E-state index is -0.277. The Morgan fingerprint density at radius 2 is 1.96 bits per heavy atom. The molecule has 0 saturated heterocycles. The van der Waals surface area contributed by atoms with E-state index in [4.69, 9.17) is 25.8 Å². The number of rotatable bonds is 3. The van der Waals surface area contributed by atoms with Gasteiger partial charge in [-0.3, -0.25) is 9.59 Å². The monoisotopic (exact) mass is 388 g/mol. The Morgan fingerprint density at radius 3 is 2.85 bits per heavy atom. The molecule has 2 aromatic rings. The molecule has 0 fully saturated rings. The van der Waals surface area contributed by atoms with Gasteiger partial charge in [-0.25, -0.2) is 0 Å². The van der Waals surface area contributed by atoms with E-state index in [1.165, 1.54) is 0 Å². The minimum Gasteiger partial charge on any atom is -0.489 e. The van der Waals surface area contributed by atoms with E-state index in [2.05, 4.69) is 10.6 Å². The molecule has 2 N–H and O–H groups in total. The Kier molecular flexibility index (Phi) is 4.77. The molecule has 8 heteroatoms. The fourth-order valence-corrected chi connectivity index (χ4v) is 3.18. The molecule has 0 bridgehead atoms. The van der Waals surface area contributed by atoms with Crippen LogP contribution in [0.15, 0.2) is 30.3 Å². The smallest absolute Gasteiger partial charge is 0.262 e. The molecular formula is C19H17ClN2O5. The van der Waals surface area contributed by atoms with Crippen molar-refractivity contribution >= 4 is 29.1 Å². The van der Waals surface area contributed by atoms with E-state index in [-0.39, 0.29) is 25.0 Å². The Morgan fingerprint density at radius 1 is 1.11 bits per heavy atom. The first-order chi connectivity index (χ1) is 13.1. The van der Waals surface area contributed by atoms with Crippen LogP contribution in [0.3, 0.4) is 0 Å². The maximum atomic E-state index is 12.5. The van der Waals surface area contributed by atoms with Crippen LogP contribution in [0, 0.1) is 0 Å². The highest BCUT2D eigenvalue weighted by Crippen LogP contribution is 2.38. The Balaban J connectivity index is 1.47. The number of nitrogens with one attached hydrogen (secondary N) is 2. The Labute approximate surface area is 160 Å². The number of hydrogen-bond donors (Lipinski definition) is 2. The van der Waals surface area contributed by atoms with Gasteiger partial charge in [-0.1, -0.05) is 11.6 Å². The molecular weight excluding hydrogens is 372 g/mol. The van der Waals surface area contributed by atoms with Crippen molar-refractivity contribution in [2.75, 3.05) is 25.1 Å². The van der Waals surface area contributed by atoms with Gasteiger partial charge in [-0.2, -0.15) is 0 Å². The van der Waals surface area contributed by atoms with Gasteiger partial charge in [0, 0.05) is 18.5 Å². The lowest BCUT2D eigenvalue weighted by Gasteiger charge is -2.18. The summed E-state index contributed by atoms with van der Waals surface area (Å²) < 4.78 is 16.5. The van der Waals surface area contributed by atoms with Crippen LogP contribution in [-0.4, -0.2) is 31.6 Å². The third-order valence-corrected chi connectivity index (χ3v) is 4.47. The van der Waals surface area contributed by atoms with Gasteiger partial charge >= 0.3 is 0 Å². The van der Waals surface area contributed by atoms with Crippen LogP contribution in [0.4, 0.5) is 5.69 Å². The number of halogens is 1. The van der Waals surface area contributed by atoms with Gasteiger partial charge in [-0.15, -0.1) is 0 Å². The predicted molar refractivity (Wildman–Crippen MR) is 98.8 cm³/mol. The van der Waals surface area contributed by atoms with Crippen LogP contribution in [0.25, 0.3) is 0 Å². The number of hydrogen-bond acceptors (Lipinski definition) is 5. The van der Waals surface area contributed by atoms with Crippen LogP contribution < -0.4 is 24.8 Å². The number of carbonyl (C=O) groups is 2. The van der Waals surface area contributed by atoms with Crippen molar-refractivity contribution in [3.8, 4) is 17.2 Å². The summed E-state index contributed by atoms with van der Waals surface area (Å²) in [5.74, 6) is 1.14. The third-order valence-electron chi connectivity index (χ3n) is 4.19. The van der Waals surface area contributed by atoms with Gasteiger partial charge in [0.25, 0.3) is 11.8 Å². The zero-order valence-electron chi connectivity index (χ0n) is 14.3. The van der Waals surface area contributed by atoms with E-state index in [1.54, 1.807) is 24.3 Å². The number of benzene rings is 2. The van der Waals surface area contributed by atoms with Gasteiger partial charge in [0.15, 0.2) is 18.1 Å². The first-order valence-electron chi connectivity index (χ1n) is 8.53. The molecule has 0 radical (unpaired) electrons. The van der Waals surface area contributed by atoms with Gasteiger partial charge in [0.2, 0.25) is 0 Å². The van der Waals surface area contributed by atoms with Crippen LogP contribution in [0.1, 0.15) is 22.3 Å². The molecule has 2 aliphatic rings. The molecule has 0 aliphatic carbocycles. The lowest BCUT2D eigenvalue weighted by atomic mass is 10.1. The third kappa shape index (κ3) is 3.78. The minimum absolute atomic E-state index is 0.0244. The van der Waals surface area contributed by atoms with Crippen LogP contribution in [-0.2, 0) is 11.3 Å². The maximum absolute atomic E-state index is 12.5. The molecule has 0 aromatic heterocycles. The number of amides is 2. The second kappa shape index (κ2) is 7.36. The van der Waals surface area contributed by atoms with Crippen molar-refractivity contribution in [3.63, 3.8) is 0 Å². The highest BCUT2D eigenvalue weighted by atomic mass is 35.5. The van der Waals surface area contributed by atoms with E-state index in [9.17, 15) is 9.59 Å². The van der Waals surface area contributed by atoms with Crippen LogP contribution in [0.5, 0.6) is 17.2 Å². The topological polar surface area (TPSA) is 85.9 Å². The Hall–Kier alpha value is -2.93. The molecule has 0 unspecified atom stereocenters. The van der Waals surface area contributed by atoms with E-state index in [0.29, 0.717) is 46.7 Å². The number of anilines is 1. The van der Waals surface area contributed by atoms with Crippen molar-refractivity contribution in [2.24, 2.45) is 0 Å². The number of carbonyl (C=O) groups excluding carboxylic acids is 2. The summed E-state index contributed by atoms with van der Waals surface area (Å²) in [5.41, 5.74) is 1.70. The van der Waals surface area contributed by atoms with E-state index in [1.807, 2.05) is 6.07 Å². The predicted octanol–water partition coefficient (Wildman–Crippen LogP) is 2.76.